The fraction of sp³-hybridized carbons (Fsp3) is 0.917. The van der Waals surface area contributed by atoms with Crippen LogP contribution in [0.25, 0.3) is 0 Å². The molecule has 0 aromatic rings. The van der Waals surface area contributed by atoms with Crippen molar-refractivity contribution in [2.75, 3.05) is 26.2 Å². The summed E-state index contributed by atoms with van der Waals surface area (Å²) in [4.78, 5) is 14.1. The summed E-state index contributed by atoms with van der Waals surface area (Å²) in [5.41, 5.74) is 0. The van der Waals surface area contributed by atoms with Crippen molar-refractivity contribution in [2.45, 2.75) is 44.7 Å². The normalized spacial score (nSPS) is 32.4. The zero-order valence-corrected chi connectivity index (χ0v) is 10.2. The van der Waals surface area contributed by atoms with Crippen LogP contribution in [0.3, 0.4) is 0 Å². The number of amides is 1. The minimum absolute atomic E-state index is 0.0949. The molecule has 16 heavy (non-hydrogen) atoms. The number of carbonyl (C=O) groups excluding carboxylic acids is 1. The van der Waals surface area contributed by atoms with Crippen molar-refractivity contribution in [3.8, 4) is 0 Å². The first-order valence-corrected chi connectivity index (χ1v) is 6.56. The average Bonchev–Trinajstić information content (AvgIpc) is 2.31. The van der Waals surface area contributed by atoms with Crippen LogP contribution in [0.5, 0.6) is 0 Å². The Morgan fingerprint density at radius 1 is 1.38 bits per heavy atom. The van der Waals surface area contributed by atoms with Crippen LogP contribution in [-0.4, -0.2) is 49.1 Å². The molecule has 4 nitrogen and oxygen atoms in total. The summed E-state index contributed by atoms with van der Waals surface area (Å²) < 4.78 is 0. The molecule has 0 bridgehead atoms. The molecule has 0 saturated carbocycles. The molecule has 2 atom stereocenters. The van der Waals surface area contributed by atoms with Crippen LogP contribution in [0.4, 0.5) is 0 Å². The van der Waals surface area contributed by atoms with Gasteiger partial charge in [0.1, 0.15) is 0 Å². The van der Waals surface area contributed by atoms with E-state index < -0.39 is 0 Å². The summed E-state index contributed by atoms with van der Waals surface area (Å²) in [6.07, 6.45) is 4.80. The van der Waals surface area contributed by atoms with Gasteiger partial charge in [-0.3, -0.25) is 9.69 Å². The Morgan fingerprint density at radius 2 is 2.25 bits per heavy atom. The zero-order chi connectivity index (χ0) is 11.4. The highest BCUT2D eigenvalue weighted by molar-refractivity contribution is 5.82. The van der Waals surface area contributed by atoms with E-state index in [-0.39, 0.29) is 11.9 Å². The van der Waals surface area contributed by atoms with Gasteiger partial charge in [0.25, 0.3) is 0 Å². The Kier molecular flexibility index (Phi) is 4.18. The summed E-state index contributed by atoms with van der Waals surface area (Å²) in [5.74, 6) is 0.213. The molecular formula is C12H23N3O. The Labute approximate surface area is 97.8 Å². The van der Waals surface area contributed by atoms with E-state index in [0.717, 1.165) is 32.6 Å². The van der Waals surface area contributed by atoms with E-state index in [2.05, 4.69) is 22.5 Å². The monoisotopic (exact) mass is 225 g/mol. The molecule has 2 rings (SSSR count). The summed E-state index contributed by atoms with van der Waals surface area (Å²) >= 11 is 0. The highest BCUT2D eigenvalue weighted by Gasteiger charge is 2.29. The van der Waals surface area contributed by atoms with Crippen molar-refractivity contribution < 1.29 is 4.79 Å². The van der Waals surface area contributed by atoms with E-state index in [0.29, 0.717) is 6.04 Å². The van der Waals surface area contributed by atoms with Crippen LogP contribution >= 0.6 is 0 Å². The number of carbonyl (C=O) groups is 1. The van der Waals surface area contributed by atoms with Crippen molar-refractivity contribution >= 4 is 5.91 Å². The summed E-state index contributed by atoms with van der Waals surface area (Å²) in [6, 6.07) is 0.686. The maximum absolute atomic E-state index is 11.7. The first-order valence-electron chi connectivity index (χ1n) is 6.56. The number of nitrogens with zero attached hydrogens (tertiary/aromatic N) is 1. The Bertz CT molecular complexity index is 238. The number of hydrogen-bond acceptors (Lipinski definition) is 3. The molecule has 1 amide bonds. The largest absolute Gasteiger partial charge is 0.353 e. The molecular weight excluding hydrogens is 202 g/mol. The van der Waals surface area contributed by atoms with Gasteiger partial charge in [0, 0.05) is 25.7 Å². The Hall–Kier alpha value is -0.610. The first-order chi connectivity index (χ1) is 7.81. The molecule has 0 aliphatic carbocycles. The molecule has 0 radical (unpaired) electrons. The SMILES string of the molecule is CCC1C(=O)NCCN1CC1CCCCN1. The predicted octanol–water partition coefficient (Wildman–Crippen LogP) is 0.339. The summed E-state index contributed by atoms with van der Waals surface area (Å²) in [6.45, 7) is 6.08. The van der Waals surface area contributed by atoms with Crippen molar-refractivity contribution in [3.05, 3.63) is 0 Å². The highest BCUT2D eigenvalue weighted by atomic mass is 16.2. The van der Waals surface area contributed by atoms with E-state index in [1.54, 1.807) is 0 Å². The molecule has 2 fully saturated rings. The second-order valence-corrected chi connectivity index (χ2v) is 4.86. The lowest BCUT2D eigenvalue weighted by atomic mass is 10.0. The van der Waals surface area contributed by atoms with Crippen molar-refractivity contribution in [2.24, 2.45) is 0 Å². The standard InChI is InChI=1S/C12H23N3O/c1-2-11-12(16)14-7-8-15(11)9-10-5-3-4-6-13-10/h10-11,13H,2-9H2,1H3,(H,14,16). The van der Waals surface area contributed by atoms with Gasteiger partial charge in [0.15, 0.2) is 0 Å². The first kappa shape index (κ1) is 11.9. The van der Waals surface area contributed by atoms with Gasteiger partial charge in [-0.25, -0.2) is 0 Å². The van der Waals surface area contributed by atoms with Gasteiger partial charge < -0.3 is 10.6 Å². The molecule has 2 saturated heterocycles. The van der Waals surface area contributed by atoms with E-state index in [9.17, 15) is 4.79 Å². The molecule has 0 aromatic carbocycles. The predicted molar refractivity (Wildman–Crippen MR) is 64.3 cm³/mol. The van der Waals surface area contributed by atoms with Crippen LogP contribution in [-0.2, 0) is 4.79 Å². The number of rotatable bonds is 3. The zero-order valence-electron chi connectivity index (χ0n) is 10.2. The Balaban J connectivity index is 1.88. The fourth-order valence-electron chi connectivity index (χ4n) is 2.79. The maximum Gasteiger partial charge on any atom is 0.237 e. The van der Waals surface area contributed by atoms with E-state index in [1.165, 1.54) is 19.3 Å². The van der Waals surface area contributed by atoms with Crippen molar-refractivity contribution in [1.29, 1.82) is 0 Å². The molecule has 2 unspecified atom stereocenters. The number of hydrogen-bond donors (Lipinski definition) is 2. The third-order valence-corrected chi connectivity index (χ3v) is 3.70. The van der Waals surface area contributed by atoms with Crippen molar-refractivity contribution in [3.63, 3.8) is 0 Å². The molecule has 2 heterocycles. The van der Waals surface area contributed by atoms with E-state index >= 15 is 0 Å². The minimum atomic E-state index is 0.0949. The van der Waals surface area contributed by atoms with Gasteiger partial charge in [-0.1, -0.05) is 13.3 Å². The lowest BCUT2D eigenvalue weighted by molar-refractivity contribution is -0.129. The highest BCUT2D eigenvalue weighted by Crippen LogP contribution is 2.13. The average molecular weight is 225 g/mol. The lowest BCUT2D eigenvalue weighted by Gasteiger charge is -2.37. The molecule has 92 valence electrons. The summed E-state index contributed by atoms with van der Waals surface area (Å²) in [5, 5.41) is 6.50. The molecule has 2 aliphatic rings. The van der Waals surface area contributed by atoms with Crippen LogP contribution < -0.4 is 10.6 Å². The smallest absolute Gasteiger partial charge is 0.237 e. The van der Waals surface area contributed by atoms with Gasteiger partial charge in [-0.15, -0.1) is 0 Å². The van der Waals surface area contributed by atoms with Crippen LogP contribution in [0, 0.1) is 0 Å². The van der Waals surface area contributed by atoms with Crippen LogP contribution in [0.2, 0.25) is 0 Å². The fourth-order valence-corrected chi connectivity index (χ4v) is 2.79. The van der Waals surface area contributed by atoms with Gasteiger partial charge in [0.2, 0.25) is 5.91 Å². The molecule has 2 N–H and O–H groups in total. The summed E-state index contributed by atoms with van der Waals surface area (Å²) in [7, 11) is 0. The Morgan fingerprint density at radius 3 is 2.94 bits per heavy atom. The lowest BCUT2D eigenvalue weighted by Crippen LogP contribution is -2.58. The van der Waals surface area contributed by atoms with Gasteiger partial charge in [0.05, 0.1) is 6.04 Å². The minimum Gasteiger partial charge on any atom is -0.353 e. The number of piperidine rings is 1. The second-order valence-electron chi connectivity index (χ2n) is 4.86. The van der Waals surface area contributed by atoms with Crippen LogP contribution in [0.1, 0.15) is 32.6 Å². The molecule has 2 aliphatic heterocycles. The molecule has 0 aromatic heterocycles. The number of nitrogens with one attached hydrogen (secondary N) is 2. The maximum atomic E-state index is 11.7. The third-order valence-electron chi connectivity index (χ3n) is 3.70. The number of piperazine rings is 1. The van der Waals surface area contributed by atoms with Gasteiger partial charge in [-0.05, 0) is 25.8 Å². The second kappa shape index (κ2) is 5.64. The van der Waals surface area contributed by atoms with E-state index in [1.807, 2.05) is 0 Å². The van der Waals surface area contributed by atoms with E-state index in [4.69, 9.17) is 0 Å². The van der Waals surface area contributed by atoms with Crippen LogP contribution in [0.15, 0.2) is 0 Å². The van der Waals surface area contributed by atoms with Gasteiger partial charge in [-0.2, -0.15) is 0 Å². The molecule has 0 spiro atoms. The molecule has 4 heteroatoms. The van der Waals surface area contributed by atoms with Crippen molar-refractivity contribution in [1.82, 2.24) is 15.5 Å². The third kappa shape index (κ3) is 2.74. The quantitative estimate of drug-likeness (QED) is 0.728. The topological polar surface area (TPSA) is 44.4 Å². The van der Waals surface area contributed by atoms with Gasteiger partial charge >= 0.3 is 0 Å².